The maximum atomic E-state index is 12.0. The lowest BCUT2D eigenvalue weighted by Crippen LogP contribution is -2.38. The van der Waals surface area contributed by atoms with Crippen LogP contribution in [0.5, 0.6) is 0 Å². The van der Waals surface area contributed by atoms with Crippen LogP contribution in [0.15, 0.2) is 29.4 Å². The Morgan fingerprint density at radius 2 is 2.00 bits per heavy atom. The lowest BCUT2D eigenvalue weighted by atomic mass is 9.95. The Morgan fingerprint density at radius 3 is 2.75 bits per heavy atom. The number of carbonyl (C=O) groups excluding carboxylic acids is 1. The third-order valence-electron chi connectivity index (χ3n) is 5.19. The number of hydrazone groups is 1. The summed E-state index contributed by atoms with van der Waals surface area (Å²) in [5.41, 5.74) is 6.31. The first-order valence-corrected chi connectivity index (χ1v) is 10.4. The standard InChI is InChI=1S/C21H26Cl2N4O/c1-14-11-16(15(2)27(14)19-10-6-9-18(22)21(19)23)12-25-26-20(28)13-24-17-7-4-3-5-8-17/h6,9-12,17,24H,3-5,7-8,13H2,1-2H3,(H,26,28)/b25-12-. The Hall–Kier alpha value is -1.82. The Kier molecular flexibility index (Phi) is 7.16. The molecule has 0 unspecified atom stereocenters. The summed E-state index contributed by atoms with van der Waals surface area (Å²) in [7, 11) is 0. The maximum absolute atomic E-state index is 12.0. The number of rotatable bonds is 6. The van der Waals surface area contributed by atoms with E-state index in [0.29, 0.717) is 22.6 Å². The van der Waals surface area contributed by atoms with Gasteiger partial charge in [-0.3, -0.25) is 4.79 Å². The molecule has 1 aromatic carbocycles. The van der Waals surface area contributed by atoms with Crippen molar-refractivity contribution in [3.8, 4) is 5.69 Å². The van der Waals surface area contributed by atoms with E-state index in [1.165, 1.54) is 19.3 Å². The first kappa shape index (κ1) is 20.9. The first-order valence-electron chi connectivity index (χ1n) is 9.66. The highest BCUT2D eigenvalue weighted by atomic mass is 35.5. The molecule has 2 aromatic rings. The molecule has 1 aromatic heterocycles. The van der Waals surface area contributed by atoms with E-state index < -0.39 is 0 Å². The Labute approximate surface area is 176 Å². The van der Waals surface area contributed by atoms with Gasteiger partial charge in [0.25, 0.3) is 5.91 Å². The maximum Gasteiger partial charge on any atom is 0.254 e. The Balaban J connectivity index is 1.63. The second-order valence-electron chi connectivity index (χ2n) is 7.24. The van der Waals surface area contributed by atoms with Gasteiger partial charge in [0.05, 0.1) is 28.5 Å². The molecule has 0 bridgehead atoms. The van der Waals surface area contributed by atoms with Crippen LogP contribution < -0.4 is 10.7 Å². The zero-order chi connectivity index (χ0) is 20.1. The lowest BCUT2D eigenvalue weighted by Gasteiger charge is -2.22. The summed E-state index contributed by atoms with van der Waals surface area (Å²) >= 11 is 12.5. The van der Waals surface area contributed by atoms with Gasteiger partial charge in [-0.05, 0) is 44.9 Å². The van der Waals surface area contributed by atoms with Crippen LogP contribution >= 0.6 is 23.2 Å². The zero-order valence-corrected chi connectivity index (χ0v) is 17.8. The van der Waals surface area contributed by atoms with Crippen molar-refractivity contribution in [1.29, 1.82) is 0 Å². The summed E-state index contributed by atoms with van der Waals surface area (Å²) in [6, 6.07) is 8.01. The molecule has 5 nitrogen and oxygen atoms in total. The number of aromatic nitrogens is 1. The molecule has 0 radical (unpaired) electrons. The van der Waals surface area contributed by atoms with Gasteiger partial charge in [0.2, 0.25) is 0 Å². The van der Waals surface area contributed by atoms with Crippen molar-refractivity contribution in [1.82, 2.24) is 15.3 Å². The Morgan fingerprint density at radius 1 is 1.25 bits per heavy atom. The molecule has 1 fully saturated rings. The molecule has 0 aliphatic heterocycles. The normalized spacial score (nSPS) is 15.3. The molecule has 7 heteroatoms. The van der Waals surface area contributed by atoms with Crippen LogP contribution in [0.25, 0.3) is 5.69 Å². The van der Waals surface area contributed by atoms with Crippen molar-refractivity contribution in [2.75, 3.05) is 6.54 Å². The molecule has 0 atom stereocenters. The fraction of sp³-hybridized carbons (Fsp3) is 0.429. The van der Waals surface area contributed by atoms with Crippen molar-refractivity contribution >= 4 is 35.3 Å². The highest BCUT2D eigenvalue weighted by Crippen LogP contribution is 2.31. The van der Waals surface area contributed by atoms with Crippen LogP contribution in [0.3, 0.4) is 0 Å². The van der Waals surface area contributed by atoms with E-state index in [2.05, 4.69) is 15.8 Å². The molecule has 1 aliphatic carbocycles. The molecule has 1 amide bonds. The number of halogens is 2. The van der Waals surface area contributed by atoms with Crippen LogP contribution in [0, 0.1) is 13.8 Å². The number of hydrogen-bond acceptors (Lipinski definition) is 3. The van der Waals surface area contributed by atoms with Crippen molar-refractivity contribution < 1.29 is 4.79 Å². The van der Waals surface area contributed by atoms with Gasteiger partial charge in [0.1, 0.15) is 0 Å². The van der Waals surface area contributed by atoms with Gasteiger partial charge in [-0.25, -0.2) is 5.43 Å². The molecule has 2 N–H and O–H groups in total. The third-order valence-corrected chi connectivity index (χ3v) is 6.00. The lowest BCUT2D eigenvalue weighted by molar-refractivity contribution is -0.120. The van der Waals surface area contributed by atoms with Gasteiger partial charge in [-0.1, -0.05) is 48.5 Å². The fourth-order valence-corrected chi connectivity index (χ4v) is 4.09. The number of amides is 1. The number of hydrogen-bond donors (Lipinski definition) is 2. The molecule has 0 spiro atoms. The predicted molar refractivity (Wildman–Crippen MR) is 116 cm³/mol. The van der Waals surface area contributed by atoms with Crippen LogP contribution in [0.4, 0.5) is 0 Å². The highest BCUT2D eigenvalue weighted by molar-refractivity contribution is 6.43. The van der Waals surface area contributed by atoms with Crippen LogP contribution in [0.2, 0.25) is 10.0 Å². The van der Waals surface area contributed by atoms with Crippen molar-refractivity contribution in [2.45, 2.75) is 52.0 Å². The molecular weight excluding hydrogens is 395 g/mol. The van der Waals surface area contributed by atoms with Gasteiger partial charge < -0.3 is 9.88 Å². The van der Waals surface area contributed by atoms with E-state index >= 15 is 0 Å². The highest BCUT2D eigenvalue weighted by Gasteiger charge is 2.15. The zero-order valence-electron chi connectivity index (χ0n) is 16.3. The average Bonchev–Trinajstić information content (AvgIpc) is 2.97. The fourth-order valence-electron chi connectivity index (χ4n) is 3.71. The number of benzene rings is 1. The third kappa shape index (κ3) is 4.96. The SMILES string of the molecule is Cc1cc(/C=N\NC(=O)CNC2CCCCC2)c(C)n1-c1cccc(Cl)c1Cl. The van der Waals surface area contributed by atoms with Crippen LogP contribution in [-0.4, -0.2) is 29.3 Å². The molecule has 150 valence electrons. The summed E-state index contributed by atoms with van der Waals surface area (Å²) in [6.07, 6.45) is 7.74. The van der Waals surface area contributed by atoms with Crippen molar-refractivity contribution in [3.63, 3.8) is 0 Å². The molecular formula is C21H26Cl2N4O. The topological polar surface area (TPSA) is 58.4 Å². The van der Waals surface area contributed by atoms with E-state index in [1.807, 2.05) is 36.6 Å². The minimum Gasteiger partial charge on any atom is -0.316 e. The van der Waals surface area contributed by atoms with Gasteiger partial charge in [-0.15, -0.1) is 0 Å². The largest absolute Gasteiger partial charge is 0.316 e. The smallest absolute Gasteiger partial charge is 0.254 e. The molecule has 3 rings (SSSR count). The van der Waals surface area contributed by atoms with E-state index in [1.54, 1.807) is 12.3 Å². The Bertz CT molecular complexity index is 870. The molecule has 1 aliphatic rings. The number of aryl methyl sites for hydroxylation is 1. The average molecular weight is 421 g/mol. The molecule has 0 saturated heterocycles. The van der Waals surface area contributed by atoms with E-state index in [-0.39, 0.29) is 5.91 Å². The molecule has 1 heterocycles. The summed E-state index contributed by atoms with van der Waals surface area (Å²) in [5.74, 6) is -0.131. The van der Waals surface area contributed by atoms with Gasteiger partial charge in [0, 0.05) is 23.0 Å². The van der Waals surface area contributed by atoms with Crippen LogP contribution in [-0.2, 0) is 4.79 Å². The van der Waals surface area contributed by atoms with E-state index in [0.717, 1.165) is 35.5 Å². The summed E-state index contributed by atoms with van der Waals surface area (Å²) < 4.78 is 2.03. The molecule has 28 heavy (non-hydrogen) atoms. The van der Waals surface area contributed by atoms with Crippen LogP contribution in [0.1, 0.15) is 49.1 Å². The van der Waals surface area contributed by atoms with Gasteiger partial charge in [0.15, 0.2) is 0 Å². The van der Waals surface area contributed by atoms with E-state index in [9.17, 15) is 4.79 Å². The van der Waals surface area contributed by atoms with Crippen molar-refractivity contribution in [2.24, 2.45) is 5.10 Å². The number of carbonyl (C=O) groups is 1. The van der Waals surface area contributed by atoms with Gasteiger partial charge in [-0.2, -0.15) is 5.10 Å². The predicted octanol–water partition coefficient (Wildman–Crippen LogP) is 4.77. The number of nitrogens with zero attached hydrogens (tertiary/aromatic N) is 2. The monoisotopic (exact) mass is 420 g/mol. The van der Waals surface area contributed by atoms with E-state index in [4.69, 9.17) is 23.2 Å². The molecule has 1 saturated carbocycles. The summed E-state index contributed by atoms with van der Waals surface area (Å²) in [4.78, 5) is 12.0. The van der Waals surface area contributed by atoms with Crippen molar-refractivity contribution in [3.05, 3.63) is 51.3 Å². The second-order valence-corrected chi connectivity index (χ2v) is 8.03. The minimum atomic E-state index is -0.131. The second kappa shape index (κ2) is 9.59. The van der Waals surface area contributed by atoms with Gasteiger partial charge >= 0.3 is 0 Å². The summed E-state index contributed by atoms with van der Waals surface area (Å²) in [5, 5.41) is 8.45. The minimum absolute atomic E-state index is 0.131. The summed E-state index contributed by atoms with van der Waals surface area (Å²) in [6.45, 7) is 4.27. The quantitative estimate of drug-likeness (QED) is 0.521. The number of nitrogens with one attached hydrogen (secondary N) is 2. The first-order chi connectivity index (χ1) is 13.5.